The van der Waals surface area contributed by atoms with E-state index >= 15 is 0 Å². The zero-order valence-corrected chi connectivity index (χ0v) is 32.4. The Bertz CT molecular complexity index is 2170. The number of amides is 2. The van der Waals surface area contributed by atoms with Gasteiger partial charge >= 0.3 is 6.03 Å². The first kappa shape index (κ1) is 39.4. The second-order valence-electron chi connectivity index (χ2n) is 12.7. The molecule has 13 heteroatoms. The number of hydrogen-bond donors (Lipinski definition) is 1. The van der Waals surface area contributed by atoms with Gasteiger partial charge in [-0.2, -0.15) is 4.31 Å². The SMILES string of the molecule is CC(C)CN(Cc1cccc(CN(Cc2ccc(-c3ccc(F)cc3)cc2)S(=O)(=O)c2cc(Cl)cc(Cl)c2O)c1)C(=O)N(C)c1cccc(Cl)c1Cl. The minimum Gasteiger partial charge on any atom is -0.505 e. The summed E-state index contributed by atoms with van der Waals surface area (Å²) in [5.41, 5.74) is 4.17. The molecule has 0 fully saturated rings. The Morgan fingerprint density at radius 2 is 1.33 bits per heavy atom. The van der Waals surface area contributed by atoms with Crippen LogP contribution in [0.2, 0.25) is 20.1 Å². The summed E-state index contributed by atoms with van der Waals surface area (Å²) in [5.74, 6) is -0.811. The van der Waals surface area contributed by atoms with Gasteiger partial charge < -0.3 is 10.0 Å². The lowest BCUT2D eigenvalue weighted by molar-refractivity contribution is 0.196. The number of phenolic OH excluding ortho intramolecular Hbond substituents is 1. The van der Waals surface area contributed by atoms with Crippen LogP contribution in [0.3, 0.4) is 0 Å². The number of phenols is 1. The molecule has 5 aromatic rings. The molecule has 0 atom stereocenters. The van der Waals surface area contributed by atoms with Crippen molar-refractivity contribution in [3.05, 3.63) is 146 Å². The smallest absolute Gasteiger partial charge is 0.324 e. The molecule has 0 unspecified atom stereocenters. The zero-order chi connectivity index (χ0) is 37.7. The monoisotopic (exact) mass is 801 g/mol. The van der Waals surface area contributed by atoms with Gasteiger partial charge in [-0.05, 0) is 70.1 Å². The topological polar surface area (TPSA) is 81.2 Å². The molecule has 0 bridgehead atoms. The average molecular weight is 804 g/mol. The Balaban J connectivity index is 1.46. The molecule has 7 nitrogen and oxygen atoms in total. The van der Waals surface area contributed by atoms with E-state index < -0.39 is 20.7 Å². The van der Waals surface area contributed by atoms with Crippen molar-refractivity contribution < 1.29 is 22.7 Å². The molecule has 5 aromatic carbocycles. The molecule has 0 heterocycles. The van der Waals surface area contributed by atoms with Crippen LogP contribution >= 0.6 is 46.4 Å². The number of halogens is 5. The molecule has 0 aliphatic rings. The van der Waals surface area contributed by atoms with Crippen molar-refractivity contribution in [2.24, 2.45) is 5.92 Å². The van der Waals surface area contributed by atoms with E-state index in [-0.39, 0.29) is 52.5 Å². The first-order valence-corrected chi connectivity index (χ1v) is 19.2. The Hall–Kier alpha value is -3.83. The van der Waals surface area contributed by atoms with E-state index in [2.05, 4.69) is 0 Å². The van der Waals surface area contributed by atoms with Crippen LogP contribution in [-0.4, -0.2) is 42.4 Å². The van der Waals surface area contributed by atoms with Crippen LogP contribution in [0.1, 0.15) is 30.5 Å². The van der Waals surface area contributed by atoms with Gasteiger partial charge in [-0.25, -0.2) is 17.6 Å². The number of hydrogen-bond acceptors (Lipinski definition) is 4. The van der Waals surface area contributed by atoms with Gasteiger partial charge in [-0.15, -0.1) is 0 Å². The molecule has 272 valence electrons. The summed E-state index contributed by atoms with van der Waals surface area (Å²) in [7, 11) is -2.74. The third kappa shape index (κ3) is 9.39. The molecule has 0 aliphatic heterocycles. The summed E-state index contributed by atoms with van der Waals surface area (Å²) in [6.07, 6.45) is 0. The zero-order valence-electron chi connectivity index (χ0n) is 28.5. The maximum Gasteiger partial charge on any atom is 0.324 e. The molecule has 2 amide bonds. The van der Waals surface area contributed by atoms with Crippen molar-refractivity contribution in [1.82, 2.24) is 9.21 Å². The number of sulfonamides is 1. The lowest BCUT2D eigenvalue weighted by Gasteiger charge is -2.30. The maximum absolute atomic E-state index is 14.3. The number of urea groups is 1. The molecule has 0 aromatic heterocycles. The lowest BCUT2D eigenvalue weighted by atomic mass is 10.0. The fourth-order valence-electron chi connectivity index (χ4n) is 5.72. The molecule has 0 spiro atoms. The summed E-state index contributed by atoms with van der Waals surface area (Å²) in [6.45, 7) is 4.54. The highest BCUT2D eigenvalue weighted by Crippen LogP contribution is 2.37. The summed E-state index contributed by atoms with van der Waals surface area (Å²) < 4.78 is 43.2. The van der Waals surface area contributed by atoms with Crippen LogP contribution in [0.15, 0.2) is 108 Å². The first-order chi connectivity index (χ1) is 24.6. The van der Waals surface area contributed by atoms with E-state index in [0.29, 0.717) is 28.4 Å². The number of benzene rings is 5. The molecule has 0 aliphatic carbocycles. The summed E-state index contributed by atoms with van der Waals surface area (Å²) in [4.78, 5) is 16.5. The van der Waals surface area contributed by atoms with E-state index in [9.17, 15) is 22.7 Å². The number of carbonyl (C=O) groups excluding carboxylic acids is 1. The number of anilines is 1. The van der Waals surface area contributed by atoms with Crippen LogP contribution in [0.25, 0.3) is 11.1 Å². The summed E-state index contributed by atoms with van der Waals surface area (Å²) in [6, 6.07) is 27.9. The van der Waals surface area contributed by atoms with Crippen LogP contribution in [0.4, 0.5) is 14.9 Å². The van der Waals surface area contributed by atoms with Gasteiger partial charge in [0.2, 0.25) is 10.0 Å². The second kappa shape index (κ2) is 16.9. The highest BCUT2D eigenvalue weighted by Gasteiger charge is 2.30. The fourth-order valence-corrected chi connectivity index (χ4v) is 8.30. The van der Waals surface area contributed by atoms with Crippen LogP contribution < -0.4 is 4.90 Å². The minimum atomic E-state index is -4.38. The van der Waals surface area contributed by atoms with Crippen molar-refractivity contribution >= 4 is 68.1 Å². The van der Waals surface area contributed by atoms with Crippen molar-refractivity contribution in [2.75, 3.05) is 18.5 Å². The van der Waals surface area contributed by atoms with Gasteiger partial charge in [0.25, 0.3) is 0 Å². The highest BCUT2D eigenvalue weighted by molar-refractivity contribution is 7.89. The minimum absolute atomic E-state index is 0.0471. The Morgan fingerprint density at radius 3 is 1.96 bits per heavy atom. The Morgan fingerprint density at radius 1 is 0.750 bits per heavy atom. The van der Waals surface area contributed by atoms with Gasteiger partial charge in [0.05, 0.1) is 20.8 Å². The molecular formula is C39H36Cl4FN3O4S. The molecule has 52 heavy (non-hydrogen) atoms. The van der Waals surface area contributed by atoms with Crippen molar-refractivity contribution in [1.29, 1.82) is 0 Å². The summed E-state index contributed by atoms with van der Waals surface area (Å²) >= 11 is 25.0. The highest BCUT2D eigenvalue weighted by atomic mass is 35.5. The Labute approximate surface area is 323 Å². The van der Waals surface area contributed by atoms with Gasteiger partial charge in [-0.1, -0.05) is 127 Å². The Kier molecular flexibility index (Phi) is 12.8. The maximum atomic E-state index is 14.3. The van der Waals surface area contributed by atoms with Gasteiger partial charge in [-0.3, -0.25) is 4.90 Å². The predicted molar refractivity (Wildman–Crippen MR) is 208 cm³/mol. The fraction of sp³-hybridized carbons (Fsp3) is 0.205. The van der Waals surface area contributed by atoms with Crippen molar-refractivity contribution in [3.8, 4) is 16.9 Å². The third-order valence-corrected chi connectivity index (χ3v) is 11.4. The molecule has 1 N–H and O–H groups in total. The normalized spacial score (nSPS) is 11.7. The van der Waals surface area contributed by atoms with Gasteiger partial charge in [0.15, 0.2) is 5.75 Å². The van der Waals surface area contributed by atoms with E-state index in [0.717, 1.165) is 22.8 Å². The molecule has 0 saturated heterocycles. The second-order valence-corrected chi connectivity index (χ2v) is 16.3. The number of rotatable bonds is 12. The predicted octanol–water partition coefficient (Wildman–Crippen LogP) is 10.9. The van der Waals surface area contributed by atoms with E-state index in [4.69, 9.17) is 46.4 Å². The molecule has 0 radical (unpaired) electrons. The summed E-state index contributed by atoms with van der Waals surface area (Å²) in [5, 5.41) is 11.2. The van der Waals surface area contributed by atoms with Crippen LogP contribution in [-0.2, 0) is 29.7 Å². The van der Waals surface area contributed by atoms with E-state index in [1.165, 1.54) is 27.4 Å². The third-order valence-electron chi connectivity index (χ3n) is 8.26. The molecule has 0 saturated carbocycles. The number of carbonyl (C=O) groups is 1. The standard InChI is InChI=1S/C39H36Cl4FN3O4S/c1-25(2)21-46(39(49)45(3)35-9-5-8-33(41)37(35)43)22-27-6-4-7-28(18-27)24-47(52(50,51)36-20-31(40)19-34(42)38(36)48)23-26-10-12-29(13-11-26)30-14-16-32(44)17-15-30/h4-20,25,48H,21-24H2,1-3H3. The van der Waals surface area contributed by atoms with Crippen LogP contribution in [0, 0.1) is 11.7 Å². The largest absolute Gasteiger partial charge is 0.505 e. The van der Waals surface area contributed by atoms with E-state index in [1.54, 1.807) is 66.5 Å². The van der Waals surface area contributed by atoms with Crippen molar-refractivity contribution in [2.45, 2.75) is 38.4 Å². The van der Waals surface area contributed by atoms with Gasteiger partial charge in [0.1, 0.15) is 10.7 Å². The molecular weight excluding hydrogens is 767 g/mol. The lowest BCUT2D eigenvalue weighted by Crippen LogP contribution is -2.42. The number of aromatic hydroxyl groups is 1. The first-order valence-electron chi connectivity index (χ1n) is 16.2. The van der Waals surface area contributed by atoms with Gasteiger partial charge in [0, 0.05) is 38.2 Å². The van der Waals surface area contributed by atoms with Crippen molar-refractivity contribution in [3.63, 3.8) is 0 Å². The van der Waals surface area contributed by atoms with E-state index in [1.807, 2.05) is 38.1 Å². The molecule has 5 rings (SSSR count). The quantitative estimate of drug-likeness (QED) is 0.136. The van der Waals surface area contributed by atoms with Crippen LogP contribution in [0.5, 0.6) is 5.75 Å². The average Bonchev–Trinajstić information content (AvgIpc) is 3.10. The number of nitrogens with zero attached hydrogens (tertiary/aromatic N) is 3.